The highest BCUT2D eigenvalue weighted by Crippen LogP contribution is 2.62. The van der Waals surface area contributed by atoms with Gasteiger partial charge in [0.15, 0.2) is 0 Å². The molecule has 0 heterocycles. The van der Waals surface area contributed by atoms with Crippen molar-refractivity contribution in [2.24, 2.45) is 22.7 Å². The summed E-state index contributed by atoms with van der Waals surface area (Å²) in [6.45, 7) is 8.93. The van der Waals surface area contributed by atoms with Gasteiger partial charge in [0.25, 0.3) is 0 Å². The molecular weight excluding hydrogens is 272 g/mol. The third-order valence-electron chi connectivity index (χ3n) is 6.72. The van der Waals surface area contributed by atoms with E-state index in [1.165, 1.54) is 12.8 Å². The van der Waals surface area contributed by atoms with Crippen molar-refractivity contribution in [1.29, 1.82) is 0 Å². The van der Waals surface area contributed by atoms with Crippen LogP contribution in [0.15, 0.2) is 22.8 Å². The molecule has 0 amide bonds. The molecule has 0 radical (unpaired) electrons. The Balaban J connectivity index is 1.97. The standard InChI is InChI=1S/C20H30O2/c1-13(2)12-14-6-8-16-15(14)7-9-17-19(16,3)10-5-11-20(17,4)18(21)22/h6,13,17H,5,7-12H2,1-4H3,(H,21,22)/t17-,19-,20-/m1/s1. The summed E-state index contributed by atoms with van der Waals surface area (Å²) in [5, 5.41) is 9.83. The second-order valence-electron chi connectivity index (χ2n) is 8.57. The highest BCUT2D eigenvalue weighted by Gasteiger charge is 2.56. The zero-order chi connectivity index (χ0) is 16.1. The third kappa shape index (κ3) is 2.18. The number of fused-ring (bicyclic) bond motifs is 2. The lowest BCUT2D eigenvalue weighted by atomic mass is 9.49. The van der Waals surface area contributed by atoms with Crippen LogP contribution in [0.4, 0.5) is 0 Å². The fourth-order valence-corrected chi connectivity index (χ4v) is 5.62. The Bertz CT molecular complexity index is 554. The predicted octanol–water partition coefficient (Wildman–Crippen LogP) is 5.35. The topological polar surface area (TPSA) is 37.3 Å². The van der Waals surface area contributed by atoms with Crippen molar-refractivity contribution < 1.29 is 9.90 Å². The fourth-order valence-electron chi connectivity index (χ4n) is 5.62. The monoisotopic (exact) mass is 302 g/mol. The van der Waals surface area contributed by atoms with E-state index < -0.39 is 11.4 Å². The molecule has 3 aliphatic rings. The number of carboxylic acid groups (broad SMARTS) is 1. The molecular formula is C20H30O2. The quantitative estimate of drug-likeness (QED) is 0.763. The Hall–Kier alpha value is -1.05. The van der Waals surface area contributed by atoms with Gasteiger partial charge in [-0.3, -0.25) is 4.79 Å². The molecule has 122 valence electrons. The molecule has 0 aromatic rings. The van der Waals surface area contributed by atoms with Gasteiger partial charge in [-0.2, -0.15) is 0 Å². The Morgan fingerprint density at radius 1 is 1.36 bits per heavy atom. The first kappa shape index (κ1) is 15.8. The minimum atomic E-state index is -0.583. The van der Waals surface area contributed by atoms with Crippen LogP contribution in [0.1, 0.15) is 72.6 Å². The van der Waals surface area contributed by atoms with Crippen LogP contribution < -0.4 is 0 Å². The zero-order valence-corrected chi connectivity index (χ0v) is 14.5. The number of allylic oxidation sites excluding steroid dienone is 4. The average molecular weight is 302 g/mol. The summed E-state index contributed by atoms with van der Waals surface area (Å²) in [5.74, 6) is 0.414. The van der Waals surface area contributed by atoms with Crippen molar-refractivity contribution >= 4 is 5.97 Å². The highest BCUT2D eigenvalue weighted by molar-refractivity contribution is 5.75. The summed E-state index contributed by atoms with van der Waals surface area (Å²) in [5.41, 5.74) is 4.32. The van der Waals surface area contributed by atoms with Crippen LogP contribution in [0.5, 0.6) is 0 Å². The van der Waals surface area contributed by atoms with Gasteiger partial charge >= 0.3 is 5.97 Å². The third-order valence-corrected chi connectivity index (χ3v) is 6.72. The summed E-state index contributed by atoms with van der Waals surface area (Å²) >= 11 is 0. The number of hydrogen-bond acceptors (Lipinski definition) is 1. The van der Waals surface area contributed by atoms with Gasteiger partial charge in [0, 0.05) is 0 Å². The molecule has 0 unspecified atom stereocenters. The van der Waals surface area contributed by atoms with Crippen molar-refractivity contribution in [1.82, 2.24) is 0 Å². The Morgan fingerprint density at radius 3 is 2.73 bits per heavy atom. The van der Waals surface area contributed by atoms with Crippen molar-refractivity contribution in [3.63, 3.8) is 0 Å². The predicted molar refractivity (Wildman–Crippen MR) is 89.6 cm³/mol. The first-order chi connectivity index (χ1) is 10.3. The van der Waals surface area contributed by atoms with Gasteiger partial charge in [0.05, 0.1) is 5.41 Å². The van der Waals surface area contributed by atoms with Gasteiger partial charge in [-0.05, 0) is 73.8 Å². The molecule has 0 aromatic heterocycles. The molecule has 0 saturated heterocycles. The van der Waals surface area contributed by atoms with E-state index in [0.29, 0.717) is 11.8 Å². The molecule has 2 heteroatoms. The van der Waals surface area contributed by atoms with Crippen LogP contribution in [0.25, 0.3) is 0 Å². The molecule has 22 heavy (non-hydrogen) atoms. The summed E-state index contributed by atoms with van der Waals surface area (Å²) < 4.78 is 0. The van der Waals surface area contributed by atoms with Gasteiger partial charge in [0.2, 0.25) is 0 Å². The summed E-state index contributed by atoms with van der Waals surface area (Å²) in [7, 11) is 0. The van der Waals surface area contributed by atoms with Crippen molar-refractivity contribution in [3.8, 4) is 0 Å². The Kier molecular flexibility index (Phi) is 3.78. The molecule has 1 saturated carbocycles. The minimum absolute atomic E-state index is 0.105. The van der Waals surface area contributed by atoms with Crippen LogP contribution in [-0.4, -0.2) is 11.1 Å². The summed E-state index contributed by atoms with van der Waals surface area (Å²) in [6, 6.07) is 0. The molecule has 2 nitrogen and oxygen atoms in total. The van der Waals surface area contributed by atoms with Gasteiger partial charge in [-0.1, -0.05) is 38.8 Å². The van der Waals surface area contributed by atoms with E-state index in [4.69, 9.17) is 0 Å². The van der Waals surface area contributed by atoms with Crippen LogP contribution in [-0.2, 0) is 4.79 Å². The number of carbonyl (C=O) groups is 1. The van der Waals surface area contributed by atoms with Crippen LogP contribution >= 0.6 is 0 Å². The van der Waals surface area contributed by atoms with Crippen LogP contribution in [0.2, 0.25) is 0 Å². The Labute approximate surface area is 134 Å². The lowest BCUT2D eigenvalue weighted by Crippen LogP contribution is -2.50. The maximum Gasteiger partial charge on any atom is 0.309 e. The molecule has 0 aliphatic heterocycles. The first-order valence-corrected chi connectivity index (χ1v) is 8.94. The molecule has 0 spiro atoms. The normalized spacial score (nSPS) is 37.9. The number of carboxylic acids is 1. The number of rotatable bonds is 3. The molecule has 3 aliphatic carbocycles. The fraction of sp³-hybridized carbons (Fsp3) is 0.750. The van der Waals surface area contributed by atoms with Gasteiger partial charge in [-0.25, -0.2) is 0 Å². The van der Waals surface area contributed by atoms with E-state index in [1.54, 1.807) is 16.7 Å². The van der Waals surface area contributed by atoms with E-state index in [-0.39, 0.29) is 5.41 Å². The summed E-state index contributed by atoms with van der Waals surface area (Å²) in [6.07, 6.45) is 9.89. The van der Waals surface area contributed by atoms with E-state index in [0.717, 1.165) is 32.1 Å². The average Bonchev–Trinajstić information content (AvgIpc) is 2.82. The van der Waals surface area contributed by atoms with E-state index in [1.807, 2.05) is 6.92 Å². The minimum Gasteiger partial charge on any atom is -0.481 e. The van der Waals surface area contributed by atoms with Gasteiger partial charge in [-0.15, -0.1) is 0 Å². The molecule has 1 N–H and O–H groups in total. The smallest absolute Gasteiger partial charge is 0.309 e. The lowest BCUT2D eigenvalue weighted by molar-refractivity contribution is -0.159. The van der Waals surface area contributed by atoms with Crippen molar-refractivity contribution in [3.05, 3.63) is 22.8 Å². The highest BCUT2D eigenvalue weighted by atomic mass is 16.4. The second-order valence-corrected chi connectivity index (χ2v) is 8.57. The largest absolute Gasteiger partial charge is 0.481 e. The lowest BCUT2D eigenvalue weighted by Gasteiger charge is -2.54. The molecule has 0 bridgehead atoms. The van der Waals surface area contributed by atoms with Crippen LogP contribution in [0, 0.1) is 22.7 Å². The van der Waals surface area contributed by atoms with Crippen molar-refractivity contribution in [2.45, 2.75) is 72.6 Å². The van der Waals surface area contributed by atoms with Gasteiger partial charge < -0.3 is 5.11 Å². The maximum absolute atomic E-state index is 11.9. The van der Waals surface area contributed by atoms with E-state index in [9.17, 15) is 9.90 Å². The summed E-state index contributed by atoms with van der Waals surface area (Å²) in [4.78, 5) is 11.9. The van der Waals surface area contributed by atoms with Gasteiger partial charge in [0.1, 0.15) is 0 Å². The SMILES string of the molecule is CC(C)CC1=CCC2=C1CC[C@H]1[C@](C)(C(=O)O)CCC[C@]21C. The first-order valence-electron chi connectivity index (χ1n) is 8.94. The van der Waals surface area contributed by atoms with Crippen LogP contribution in [0.3, 0.4) is 0 Å². The van der Waals surface area contributed by atoms with Crippen molar-refractivity contribution in [2.75, 3.05) is 0 Å². The second kappa shape index (κ2) is 5.25. The molecule has 3 rings (SSSR count). The molecule has 0 aromatic carbocycles. The molecule has 1 fully saturated rings. The van der Waals surface area contributed by atoms with E-state index >= 15 is 0 Å². The number of aliphatic carboxylic acids is 1. The Morgan fingerprint density at radius 2 is 2.09 bits per heavy atom. The van der Waals surface area contributed by atoms with E-state index in [2.05, 4.69) is 26.8 Å². The number of hydrogen-bond donors (Lipinski definition) is 1. The molecule has 3 atom stereocenters. The maximum atomic E-state index is 11.9. The zero-order valence-electron chi connectivity index (χ0n) is 14.5.